The smallest absolute Gasteiger partial charge is 0.320 e. The van der Waals surface area contributed by atoms with Gasteiger partial charge in [-0.25, -0.2) is 9.78 Å². The highest BCUT2D eigenvalue weighted by atomic mass is 16.2. The topological polar surface area (TPSA) is 89.0 Å². The van der Waals surface area contributed by atoms with Crippen molar-refractivity contribution in [3.8, 4) is 0 Å². The zero-order valence-electron chi connectivity index (χ0n) is 20.8. The number of hydrogen-bond donors (Lipinski definition) is 2. The minimum atomic E-state index is -0.182. The molecule has 35 heavy (non-hydrogen) atoms. The summed E-state index contributed by atoms with van der Waals surface area (Å²) < 4.78 is 0. The van der Waals surface area contributed by atoms with Crippen LogP contribution in [-0.2, 0) is 0 Å². The number of fused-ring (bicyclic) bond motifs is 1. The van der Waals surface area contributed by atoms with Crippen LogP contribution < -0.4 is 10.6 Å². The molecule has 2 aliphatic heterocycles. The van der Waals surface area contributed by atoms with Gasteiger partial charge in [-0.15, -0.1) is 0 Å². The molecule has 2 fully saturated rings. The van der Waals surface area contributed by atoms with Crippen LogP contribution in [0.4, 0.5) is 10.6 Å². The minimum Gasteiger partial charge on any atom is -0.335 e. The van der Waals surface area contributed by atoms with Gasteiger partial charge in [-0.05, 0) is 56.1 Å². The fourth-order valence-electron chi connectivity index (χ4n) is 5.35. The Hall–Kier alpha value is -2.78. The summed E-state index contributed by atoms with van der Waals surface area (Å²) in [6.45, 7) is 11.1. The summed E-state index contributed by atoms with van der Waals surface area (Å²) in [5.41, 5.74) is 2.73. The Morgan fingerprint density at radius 2 is 1.86 bits per heavy atom. The van der Waals surface area contributed by atoms with Crippen molar-refractivity contribution in [2.45, 2.75) is 51.0 Å². The van der Waals surface area contributed by atoms with Gasteiger partial charge in [0, 0.05) is 63.6 Å². The van der Waals surface area contributed by atoms with Gasteiger partial charge >= 0.3 is 6.03 Å². The van der Waals surface area contributed by atoms with Crippen molar-refractivity contribution < 1.29 is 4.79 Å². The van der Waals surface area contributed by atoms with Gasteiger partial charge in [0.05, 0.1) is 11.0 Å². The minimum absolute atomic E-state index is 0.182. The highest BCUT2D eigenvalue weighted by Crippen LogP contribution is 2.24. The van der Waals surface area contributed by atoms with Gasteiger partial charge in [-0.3, -0.25) is 15.3 Å². The number of carbonyl (C=O) groups is 1. The number of pyridine rings is 2. The summed E-state index contributed by atoms with van der Waals surface area (Å²) in [5.74, 6) is 0.762. The zero-order chi connectivity index (χ0) is 24.0. The normalized spacial score (nSPS) is 21.7. The van der Waals surface area contributed by atoms with E-state index >= 15 is 0 Å². The van der Waals surface area contributed by atoms with E-state index in [9.17, 15) is 4.79 Å². The molecule has 9 nitrogen and oxygen atoms in total. The average molecular weight is 479 g/mol. The zero-order valence-corrected chi connectivity index (χ0v) is 20.8. The molecule has 0 radical (unpaired) electrons. The van der Waals surface area contributed by atoms with Gasteiger partial charge in [-0.1, -0.05) is 19.8 Å². The monoisotopic (exact) mass is 478 g/mol. The number of nitrogens with zero attached hydrogens (tertiary/aromatic N) is 6. The first-order chi connectivity index (χ1) is 17.2. The molecule has 5 rings (SSSR count). The van der Waals surface area contributed by atoms with E-state index in [4.69, 9.17) is 0 Å². The largest absolute Gasteiger partial charge is 0.335 e. The molecule has 4 heterocycles. The summed E-state index contributed by atoms with van der Waals surface area (Å²) >= 11 is 0. The lowest BCUT2D eigenvalue weighted by Crippen LogP contribution is -2.46. The lowest BCUT2D eigenvalue weighted by Gasteiger charge is -2.34. The third-order valence-corrected chi connectivity index (χ3v) is 7.54. The van der Waals surface area contributed by atoms with E-state index in [1.54, 1.807) is 0 Å². The molecular formula is C26H38N8O. The molecular weight excluding hydrogens is 440 g/mol. The van der Waals surface area contributed by atoms with E-state index in [1.807, 2.05) is 24.5 Å². The molecule has 0 spiro atoms. The Bertz CT molecular complexity index is 1030. The predicted molar refractivity (Wildman–Crippen MR) is 140 cm³/mol. The molecule has 1 atom stereocenters. The van der Waals surface area contributed by atoms with Crippen LogP contribution in [-0.4, -0.2) is 95.4 Å². The summed E-state index contributed by atoms with van der Waals surface area (Å²) in [4.78, 5) is 26.7. The number of likely N-dealkylation sites (N-methyl/N-ethyl adjacent to an activating group) is 1. The van der Waals surface area contributed by atoms with Crippen molar-refractivity contribution >= 4 is 29.1 Å². The fourth-order valence-corrected chi connectivity index (χ4v) is 5.35. The van der Waals surface area contributed by atoms with E-state index in [2.05, 4.69) is 53.5 Å². The molecule has 1 unspecified atom stereocenters. The van der Waals surface area contributed by atoms with Gasteiger partial charge in [-0.2, -0.15) is 5.10 Å². The molecule has 3 aliphatic rings. The van der Waals surface area contributed by atoms with Crippen LogP contribution in [0.1, 0.15) is 50.5 Å². The number of carbonyl (C=O) groups excluding carboxylic acids is 1. The molecule has 1 saturated heterocycles. The Kier molecular flexibility index (Phi) is 7.73. The summed E-state index contributed by atoms with van der Waals surface area (Å²) in [7, 11) is 0. The first kappa shape index (κ1) is 23.9. The lowest BCUT2D eigenvalue weighted by molar-refractivity contribution is 0.132. The molecule has 2 N–H and O–H groups in total. The number of piperazine rings is 1. The van der Waals surface area contributed by atoms with Crippen LogP contribution in [0.15, 0.2) is 29.5 Å². The molecule has 1 aliphatic carbocycles. The number of rotatable bonds is 8. The second-order valence-corrected chi connectivity index (χ2v) is 10.00. The van der Waals surface area contributed by atoms with Crippen LogP contribution in [0.5, 0.6) is 0 Å². The summed E-state index contributed by atoms with van der Waals surface area (Å²) in [6, 6.07) is 5.89. The molecule has 188 valence electrons. The van der Waals surface area contributed by atoms with E-state index in [0.717, 1.165) is 62.0 Å². The van der Waals surface area contributed by atoms with Crippen LogP contribution in [0.2, 0.25) is 0 Å². The molecule has 9 heteroatoms. The van der Waals surface area contributed by atoms with Gasteiger partial charge in [0.15, 0.2) is 0 Å². The van der Waals surface area contributed by atoms with Crippen LogP contribution >= 0.6 is 0 Å². The van der Waals surface area contributed by atoms with Crippen LogP contribution in [0.25, 0.3) is 11.0 Å². The van der Waals surface area contributed by atoms with Gasteiger partial charge in [0.1, 0.15) is 5.82 Å². The summed E-state index contributed by atoms with van der Waals surface area (Å²) in [6.07, 6.45) is 9.57. The van der Waals surface area contributed by atoms with E-state index in [1.165, 1.54) is 39.0 Å². The standard InChI is InChI=1S/C26H38N8O/c1-2-32-12-14-33(15-13-32)10-5-11-34-19-21(18-28-34)20-16-24-23(27-17-20)8-9-25(30-24)31-26(35)29-22-6-3-4-7-22/h8-9,16-18,21-22H,2-7,10-15,19H2,1H3,(H2,29,30,31,35). The van der Waals surface area contributed by atoms with Gasteiger partial charge < -0.3 is 15.1 Å². The Morgan fingerprint density at radius 3 is 2.66 bits per heavy atom. The van der Waals surface area contributed by atoms with Gasteiger partial charge in [0.2, 0.25) is 0 Å². The molecule has 2 aromatic rings. The number of nitrogens with one attached hydrogen (secondary N) is 2. The Labute approximate surface area is 208 Å². The van der Waals surface area contributed by atoms with E-state index in [0.29, 0.717) is 5.82 Å². The average Bonchev–Trinajstić information content (AvgIpc) is 3.56. The lowest BCUT2D eigenvalue weighted by atomic mass is 10.0. The maximum Gasteiger partial charge on any atom is 0.320 e. The molecule has 0 bridgehead atoms. The van der Waals surface area contributed by atoms with Gasteiger partial charge in [0.25, 0.3) is 0 Å². The number of amides is 2. The number of hydrogen-bond acceptors (Lipinski definition) is 7. The number of anilines is 1. The van der Waals surface area contributed by atoms with Crippen molar-refractivity contribution in [3.63, 3.8) is 0 Å². The highest BCUT2D eigenvalue weighted by molar-refractivity contribution is 5.90. The quantitative estimate of drug-likeness (QED) is 0.606. The second kappa shape index (κ2) is 11.3. The highest BCUT2D eigenvalue weighted by Gasteiger charge is 2.21. The van der Waals surface area contributed by atoms with Crippen molar-refractivity contribution in [1.29, 1.82) is 0 Å². The summed E-state index contributed by atoms with van der Waals surface area (Å²) in [5, 5.41) is 12.8. The second-order valence-electron chi connectivity index (χ2n) is 10.00. The molecule has 2 amide bonds. The predicted octanol–water partition coefficient (Wildman–Crippen LogP) is 3.11. The third-order valence-electron chi connectivity index (χ3n) is 7.54. The molecule has 1 saturated carbocycles. The number of hydrazone groups is 1. The maximum atomic E-state index is 12.3. The third kappa shape index (κ3) is 6.27. The fraction of sp³-hybridized carbons (Fsp3) is 0.615. The SMILES string of the molecule is CCN1CCN(CCCN2CC(c3cnc4ccc(NC(=O)NC5CCCC5)nc4c3)C=N2)CC1. The van der Waals surface area contributed by atoms with E-state index < -0.39 is 0 Å². The van der Waals surface area contributed by atoms with Crippen molar-refractivity contribution in [3.05, 3.63) is 30.0 Å². The van der Waals surface area contributed by atoms with Crippen LogP contribution in [0, 0.1) is 0 Å². The number of urea groups is 1. The van der Waals surface area contributed by atoms with Crippen molar-refractivity contribution in [2.24, 2.45) is 5.10 Å². The molecule has 0 aromatic carbocycles. The first-order valence-electron chi connectivity index (χ1n) is 13.2. The Balaban J connectivity index is 1.12. The van der Waals surface area contributed by atoms with Crippen LogP contribution in [0.3, 0.4) is 0 Å². The maximum absolute atomic E-state index is 12.3. The van der Waals surface area contributed by atoms with Crippen molar-refractivity contribution in [1.82, 2.24) is 30.1 Å². The Morgan fingerprint density at radius 1 is 1.06 bits per heavy atom. The van der Waals surface area contributed by atoms with E-state index in [-0.39, 0.29) is 18.0 Å². The van der Waals surface area contributed by atoms with Crippen molar-refractivity contribution in [2.75, 3.05) is 57.7 Å². The number of aromatic nitrogens is 2. The first-order valence-corrected chi connectivity index (χ1v) is 13.2. The molecule has 2 aromatic heterocycles.